The summed E-state index contributed by atoms with van der Waals surface area (Å²) in [6.07, 6.45) is 5.64. The predicted molar refractivity (Wildman–Crippen MR) is 117 cm³/mol. The summed E-state index contributed by atoms with van der Waals surface area (Å²) in [6, 6.07) is 5.63. The minimum absolute atomic E-state index is 0.145. The Kier molecular flexibility index (Phi) is 5.30. The number of aromatic nitrogens is 2. The van der Waals surface area contributed by atoms with Gasteiger partial charge in [0.1, 0.15) is 10.8 Å². The van der Waals surface area contributed by atoms with Crippen LogP contribution in [0.2, 0.25) is 0 Å². The van der Waals surface area contributed by atoms with E-state index in [4.69, 9.17) is 4.42 Å². The molecule has 1 aliphatic carbocycles. The molecule has 0 radical (unpaired) electrons. The molecular formula is C21H25N5O3S. The van der Waals surface area contributed by atoms with Crippen LogP contribution in [0.15, 0.2) is 32.8 Å². The van der Waals surface area contributed by atoms with E-state index in [9.17, 15) is 9.59 Å². The van der Waals surface area contributed by atoms with Crippen LogP contribution in [-0.2, 0) is 6.54 Å². The molecule has 1 aromatic carbocycles. The zero-order valence-corrected chi connectivity index (χ0v) is 17.5. The van der Waals surface area contributed by atoms with Gasteiger partial charge in [-0.1, -0.05) is 6.42 Å². The molecule has 8 nitrogen and oxygen atoms in total. The highest BCUT2D eigenvalue weighted by atomic mass is 32.1. The molecule has 158 valence electrons. The molecule has 0 bridgehead atoms. The SMILES string of the molecule is O=C(Nc1csc(-c2ccc3c(c2)oc(=O)n3CC2CCC2)n1)N[C@H]1CCCNC1. The lowest BCUT2D eigenvalue weighted by Crippen LogP contribution is -2.47. The Balaban J connectivity index is 1.29. The number of nitrogens with zero attached hydrogens (tertiary/aromatic N) is 2. The van der Waals surface area contributed by atoms with Crippen LogP contribution < -0.4 is 21.7 Å². The monoisotopic (exact) mass is 427 g/mol. The molecule has 1 saturated heterocycles. The molecule has 3 heterocycles. The molecule has 1 atom stereocenters. The molecule has 9 heteroatoms. The van der Waals surface area contributed by atoms with Gasteiger partial charge < -0.3 is 15.1 Å². The van der Waals surface area contributed by atoms with E-state index in [0.29, 0.717) is 17.3 Å². The molecule has 5 rings (SSSR count). The largest absolute Gasteiger partial charge is 0.419 e. The van der Waals surface area contributed by atoms with Gasteiger partial charge in [0, 0.05) is 30.1 Å². The lowest BCUT2D eigenvalue weighted by molar-refractivity contribution is 0.245. The van der Waals surface area contributed by atoms with E-state index in [1.54, 1.807) is 4.57 Å². The Morgan fingerprint density at radius 3 is 2.97 bits per heavy atom. The van der Waals surface area contributed by atoms with E-state index in [-0.39, 0.29) is 17.8 Å². The fourth-order valence-corrected chi connectivity index (χ4v) is 4.83. The zero-order chi connectivity index (χ0) is 20.5. The van der Waals surface area contributed by atoms with Crippen LogP contribution >= 0.6 is 11.3 Å². The van der Waals surface area contributed by atoms with E-state index in [2.05, 4.69) is 20.9 Å². The summed E-state index contributed by atoms with van der Waals surface area (Å²) in [5.74, 6) is 0.788. The maximum atomic E-state index is 12.3. The first-order chi connectivity index (χ1) is 14.7. The number of benzene rings is 1. The molecule has 3 aromatic rings. The number of piperidine rings is 1. The van der Waals surface area contributed by atoms with E-state index >= 15 is 0 Å². The molecule has 2 aromatic heterocycles. The number of hydrogen-bond acceptors (Lipinski definition) is 6. The van der Waals surface area contributed by atoms with Gasteiger partial charge >= 0.3 is 11.8 Å². The molecule has 2 amide bonds. The van der Waals surface area contributed by atoms with E-state index in [0.717, 1.165) is 48.6 Å². The normalized spacial score (nSPS) is 19.5. The number of hydrogen-bond donors (Lipinski definition) is 3. The van der Waals surface area contributed by atoms with Crippen LogP contribution in [0.3, 0.4) is 0 Å². The van der Waals surface area contributed by atoms with Crippen molar-refractivity contribution in [2.45, 2.75) is 44.7 Å². The summed E-state index contributed by atoms with van der Waals surface area (Å²) in [5, 5.41) is 11.6. The number of urea groups is 1. The van der Waals surface area contributed by atoms with Crippen molar-refractivity contribution in [3.8, 4) is 10.6 Å². The Morgan fingerprint density at radius 1 is 1.30 bits per heavy atom. The predicted octanol–water partition coefficient (Wildman–Crippen LogP) is 3.39. The van der Waals surface area contributed by atoms with Crippen molar-refractivity contribution < 1.29 is 9.21 Å². The Hall–Kier alpha value is -2.65. The molecule has 0 unspecified atom stereocenters. The first-order valence-corrected chi connectivity index (χ1v) is 11.4. The minimum atomic E-state index is -0.301. The van der Waals surface area contributed by atoms with Gasteiger partial charge in [0.15, 0.2) is 5.58 Å². The van der Waals surface area contributed by atoms with E-state index in [1.807, 2.05) is 23.6 Å². The molecule has 2 aliphatic rings. The van der Waals surface area contributed by atoms with Crippen molar-refractivity contribution in [1.82, 2.24) is 20.2 Å². The highest BCUT2D eigenvalue weighted by molar-refractivity contribution is 7.13. The number of carbonyl (C=O) groups excluding carboxylic acids is 1. The molecule has 2 fully saturated rings. The number of amides is 2. The van der Waals surface area contributed by atoms with Gasteiger partial charge in [-0.05, 0) is 56.3 Å². The van der Waals surface area contributed by atoms with Gasteiger partial charge in [-0.15, -0.1) is 11.3 Å². The second-order valence-corrected chi connectivity index (χ2v) is 9.00. The number of nitrogens with one attached hydrogen (secondary N) is 3. The highest BCUT2D eigenvalue weighted by Gasteiger charge is 2.21. The molecule has 0 spiro atoms. The average Bonchev–Trinajstić information content (AvgIpc) is 3.28. The lowest BCUT2D eigenvalue weighted by atomic mass is 9.85. The van der Waals surface area contributed by atoms with Crippen molar-refractivity contribution in [3.63, 3.8) is 0 Å². The molecule has 1 aliphatic heterocycles. The van der Waals surface area contributed by atoms with Gasteiger partial charge in [-0.3, -0.25) is 9.88 Å². The van der Waals surface area contributed by atoms with Gasteiger partial charge in [0.2, 0.25) is 0 Å². The molecular weight excluding hydrogens is 402 g/mol. The number of fused-ring (bicyclic) bond motifs is 1. The second kappa shape index (κ2) is 8.23. The second-order valence-electron chi connectivity index (χ2n) is 8.14. The summed E-state index contributed by atoms with van der Waals surface area (Å²) in [5.41, 5.74) is 2.26. The summed E-state index contributed by atoms with van der Waals surface area (Å²) in [7, 11) is 0. The van der Waals surface area contributed by atoms with Crippen LogP contribution in [0.4, 0.5) is 10.6 Å². The van der Waals surface area contributed by atoms with E-state index < -0.39 is 0 Å². The fraction of sp³-hybridized carbons (Fsp3) is 0.476. The molecule has 1 saturated carbocycles. The number of oxazole rings is 1. The maximum Gasteiger partial charge on any atom is 0.419 e. The minimum Gasteiger partial charge on any atom is -0.408 e. The smallest absolute Gasteiger partial charge is 0.408 e. The Labute approximate surface area is 177 Å². The van der Waals surface area contributed by atoms with Gasteiger partial charge in [-0.2, -0.15) is 0 Å². The number of rotatable bonds is 5. The molecule has 3 N–H and O–H groups in total. The van der Waals surface area contributed by atoms with Crippen molar-refractivity contribution in [2.24, 2.45) is 5.92 Å². The third-order valence-corrected chi connectivity index (χ3v) is 6.85. The van der Waals surface area contributed by atoms with Gasteiger partial charge in [-0.25, -0.2) is 14.6 Å². The lowest BCUT2D eigenvalue weighted by Gasteiger charge is -2.25. The van der Waals surface area contributed by atoms with Crippen LogP contribution in [0, 0.1) is 5.92 Å². The first kappa shape index (κ1) is 19.3. The first-order valence-electron chi connectivity index (χ1n) is 10.5. The Bertz CT molecular complexity index is 1110. The van der Waals surface area contributed by atoms with Crippen molar-refractivity contribution in [1.29, 1.82) is 0 Å². The highest BCUT2D eigenvalue weighted by Crippen LogP contribution is 2.31. The van der Waals surface area contributed by atoms with Crippen LogP contribution in [0.25, 0.3) is 21.7 Å². The average molecular weight is 428 g/mol. The van der Waals surface area contributed by atoms with Crippen molar-refractivity contribution >= 4 is 34.3 Å². The van der Waals surface area contributed by atoms with Crippen molar-refractivity contribution in [2.75, 3.05) is 18.4 Å². The Morgan fingerprint density at radius 2 is 2.20 bits per heavy atom. The maximum absolute atomic E-state index is 12.3. The van der Waals surface area contributed by atoms with Gasteiger partial charge in [0.05, 0.1) is 5.52 Å². The zero-order valence-electron chi connectivity index (χ0n) is 16.6. The fourth-order valence-electron chi connectivity index (χ4n) is 4.08. The summed E-state index contributed by atoms with van der Waals surface area (Å²) in [4.78, 5) is 29.0. The van der Waals surface area contributed by atoms with Crippen LogP contribution in [-0.4, -0.2) is 34.7 Å². The summed E-state index contributed by atoms with van der Waals surface area (Å²) in [6.45, 7) is 2.52. The van der Waals surface area contributed by atoms with Crippen molar-refractivity contribution in [3.05, 3.63) is 34.1 Å². The van der Waals surface area contributed by atoms with E-state index in [1.165, 1.54) is 30.6 Å². The third-order valence-electron chi connectivity index (χ3n) is 5.96. The standard InChI is InChI=1S/C21H25N5O3S/c27-20(23-15-5-2-8-22-10-15)25-18-12-30-19(24-18)14-6-7-16-17(9-14)29-21(28)26(16)11-13-3-1-4-13/h6-7,9,12-13,15,22H,1-5,8,10-11H2,(H2,23,25,27)/t15-/m0/s1. The topological polar surface area (TPSA) is 101 Å². The molecule has 30 heavy (non-hydrogen) atoms. The number of thiazole rings is 1. The summed E-state index contributed by atoms with van der Waals surface area (Å²) < 4.78 is 7.22. The van der Waals surface area contributed by atoms with Crippen LogP contribution in [0.5, 0.6) is 0 Å². The van der Waals surface area contributed by atoms with Gasteiger partial charge in [0.25, 0.3) is 0 Å². The van der Waals surface area contributed by atoms with Crippen LogP contribution in [0.1, 0.15) is 32.1 Å². The third kappa shape index (κ3) is 3.99. The summed E-state index contributed by atoms with van der Waals surface area (Å²) >= 11 is 1.44. The number of anilines is 1. The quantitative estimate of drug-likeness (QED) is 0.579. The number of carbonyl (C=O) groups is 1.